The van der Waals surface area contributed by atoms with Gasteiger partial charge in [0.05, 0.1) is 31.1 Å². The minimum absolute atomic E-state index is 0.0628. The van der Waals surface area contributed by atoms with Crippen LogP contribution in [-0.4, -0.2) is 30.5 Å². The van der Waals surface area contributed by atoms with Crippen molar-refractivity contribution < 1.29 is 28.6 Å². The predicted octanol–water partition coefficient (Wildman–Crippen LogP) is 4.93. The molecule has 0 spiro atoms. The molecule has 1 aliphatic rings. The van der Waals surface area contributed by atoms with Crippen molar-refractivity contribution >= 4 is 23.1 Å². The molecule has 0 saturated carbocycles. The number of amides is 1. The number of aryl methyl sites for hydroxylation is 2. The summed E-state index contributed by atoms with van der Waals surface area (Å²) in [5.74, 6) is -0.440. The first kappa shape index (κ1) is 22.2. The highest BCUT2D eigenvalue weighted by Gasteiger charge is 2.48. The fourth-order valence-corrected chi connectivity index (χ4v) is 4.23. The Morgan fingerprint density at radius 2 is 1.85 bits per heavy atom. The molecular formula is C26H25NO6. The summed E-state index contributed by atoms with van der Waals surface area (Å²) in [5, 5.41) is 11.4. The van der Waals surface area contributed by atoms with Crippen LogP contribution in [0, 0.1) is 13.8 Å². The van der Waals surface area contributed by atoms with Crippen molar-refractivity contribution in [3.8, 4) is 11.5 Å². The number of nitrogens with zero attached hydrogens (tertiary/aromatic N) is 1. The molecule has 2 heterocycles. The Labute approximate surface area is 191 Å². The number of hydrogen-bond acceptors (Lipinski definition) is 6. The Kier molecular flexibility index (Phi) is 5.96. The zero-order chi connectivity index (χ0) is 23.7. The normalized spacial score (nSPS) is 17.5. The Bertz CT molecular complexity index is 1220. The molecule has 2 aromatic carbocycles. The third kappa shape index (κ3) is 3.86. The topological polar surface area (TPSA) is 89.2 Å². The van der Waals surface area contributed by atoms with Crippen LogP contribution in [0.5, 0.6) is 11.5 Å². The zero-order valence-electron chi connectivity index (χ0n) is 18.9. The zero-order valence-corrected chi connectivity index (χ0v) is 18.9. The van der Waals surface area contributed by atoms with Gasteiger partial charge >= 0.3 is 0 Å². The lowest BCUT2D eigenvalue weighted by molar-refractivity contribution is -0.132. The number of carbonyl (C=O) groups excluding carboxylic acids is 2. The third-order valence-corrected chi connectivity index (χ3v) is 5.56. The molecule has 3 aromatic rings. The van der Waals surface area contributed by atoms with Crippen molar-refractivity contribution in [1.29, 1.82) is 0 Å². The minimum atomic E-state index is -0.941. The molecule has 1 unspecified atom stereocenters. The molecule has 7 nitrogen and oxygen atoms in total. The van der Waals surface area contributed by atoms with Crippen LogP contribution in [0.4, 0.5) is 5.69 Å². The highest BCUT2D eigenvalue weighted by Crippen LogP contribution is 2.44. The lowest BCUT2D eigenvalue weighted by atomic mass is 9.96. The number of carbonyl (C=O) groups is 2. The molecule has 7 heteroatoms. The summed E-state index contributed by atoms with van der Waals surface area (Å²) < 4.78 is 16.6. The highest BCUT2D eigenvalue weighted by molar-refractivity contribution is 6.51. The molecule has 1 amide bonds. The molecule has 1 N–H and O–H groups in total. The van der Waals surface area contributed by atoms with Crippen LogP contribution in [0.25, 0.3) is 5.76 Å². The average molecular weight is 447 g/mol. The number of anilines is 1. The Morgan fingerprint density at radius 3 is 2.45 bits per heavy atom. The first-order chi connectivity index (χ1) is 15.9. The van der Waals surface area contributed by atoms with Gasteiger partial charge in [-0.1, -0.05) is 6.07 Å². The monoisotopic (exact) mass is 447 g/mol. The first-order valence-corrected chi connectivity index (χ1v) is 10.6. The van der Waals surface area contributed by atoms with E-state index in [9.17, 15) is 14.7 Å². The molecule has 33 heavy (non-hydrogen) atoms. The van der Waals surface area contributed by atoms with Crippen LogP contribution >= 0.6 is 0 Å². The summed E-state index contributed by atoms with van der Waals surface area (Å²) in [6, 6.07) is 12.9. The first-order valence-electron chi connectivity index (χ1n) is 10.6. The van der Waals surface area contributed by atoms with Gasteiger partial charge in [0.1, 0.15) is 29.1 Å². The smallest absolute Gasteiger partial charge is 0.300 e. The molecule has 1 atom stereocenters. The number of ether oxygens (including phenoxy) is 2. The number of Topliss-reactive ketones (excluding diaryl/α,β-unsaturated/α-hetero) is 1. The van der Waals surface area contributed by atoms with Gasteiger partial charge in [0, 0.05) is 5.69 Å². The van der Waals surface area contributed by atoms with E-state index in [4.69, 9.17) is 13.9 Å². The van der Waals surface area contributed by atoms with E-state index < -0.39 is 17.7 Å². The number of benzene rings is 2. The van der Waals surface area contributed by atoms with Crippen LogP contribution < -0.4 is 14.4 Å². The van der Waals surface area contributed by atoms with Crippen LogP contribution in [0.1, 0.15) is 35.4 Å². The van der Waals surface area contributed by atoms with Crippen molar-refractivity contribution in [2.45, 2.75) is 26.8 Å². The summed E-state index contributed by atoms with van der Waals surface area (Å²) in [6.45, 7) is 6.12. The summed E-state index contributed by atoms with van der Waals surface area (Å²) in [5.41, 5.74) is 2.44. The molecule has 0 radical (unpaired) electrons. The van der Waals surface area contributed by atoms with Crippen molar-refractivity contribution in [1.82, 2.24) is 0 Å². The lowest BCUT2D eigenvalue weighted by Gasteiger charge is -2.24. The van der Waals surface area contributed by atoms with Crippen LogP contribution in [0.2, 0.25) is 0 Å². The molecule has 0 aliphatic carbocycles. The quantitative estimate of drug-likeness (QED) is 0.327. The summed E-state index contributed by atoms with van der Waals surface area (Å²) in [6.07, 6.45) is 1.46. The maximum absolute atomic E-state index is 13.2. The average Bonchev–Trinajstić information content (AvgIpc) is 3.41. The molecule has 1 aliphatic heterocycles. The molecule has 1 saturated heterocycles. The van der Waals surface area contributed by atoms with Gasteiger partial charge in [0.15, 0.2) is 0 Å². The largest absolute Gasteiger partial charge is 0.507 e. The Morgan fingerprint density at radius 1 is 1.12 bits per heavy atom. The van der Waals surface area contributed by atoms with E-state index >= 15 is 0 Å². The van der Waals surface area contributed by atoms with Gasteiger partial charge < -0.3 is 19.0 Å². The second kappa shape index (κ2) is 8.86. The molecule has 1 fully saturated rings. The fourth-order valence-electron chi connectivity index (χ4n) is 4.23. The van der Waals surface area contributed by atoms with E-state index in [1.807, 2.05) is 26.8 Å². The predicted molar refractivity (Wildman–Crippen MR) is 124 cm³/mol. The number of rotatable bonds is 6. The van der Waals surface area contributed by atoms with E-state index in [0.29, 0.717) is 35.1 Å². The number of hydrogen-bond donors (Lipinski definition) is 1. The highest BCUT2D eigenvalue weighted by atomic mass is 16.5. The van der Waals surface area contributed by atoms with Crippen LogP contribution in [-0.2, 0) is 9.59 Å². The fraction of sp³-hybridized carbons (Fsp3) is 0.231. The molecule has 170 valence electrons. The maximum atomic E-state index is 13.2. The second-order valence-electron chi connectivity index (χ2n) is 7.77. The third-order valence-electron chi connectivity index (χ3n) is 5.56. The number of aliphatic hydroxyl groups is 1. The lowest BCUT2D eigenvalue weighted by Crippen LogP contribution is -2.29. The van der Waals surface area contributed by atoms with Gasteiger partial charge in [0.2, 0.25) is 0 Å². The number of aliphatic hydroxyl groups excluding tert-OH is 1. The Hall–Kier alpha value is -4.00. The van der Waals surface area contributed by atoms with Crippen LogP contribution in [0.15, 0.2) is 64.8 Å². The van der Waals surface area contributed by atoms with Crippen molar-refractivity contribution in [3.05, 3.63) is 82.8 Å². The van der Waals surface area contributed by atoms with Gasteiger partial charge in [-0.25, -0.2) is 0 Å². The summed E-state index contributed by atoms with van der Waals surface area (Å²) >= 11 is 0. The van der Waals surface area contributed by atoms with Gasteiger partial charge in [-0.05, 0) is 74.4 Å². The molecule has 1 aromatic heterocycles. The number of ketones is 1. The number of methoxy groups -OCH3 is 1. The SMILES string of the molecule is CCOc1ccc(N2C(=O)C(=O)/C(=C(\O)c3cc(C)cc(C)c3OC)C2c2ccco2)cc1. The summed E-state index contributed by atoms with van der Waals surface area (Å²) in [4.78, 5) is 27.7. The van der Waals surface area contributed by atoms with Gasteiger partial charge in [-0.15, -0.1) is 0 Å². The van der Waals surface area contributed by atoms with Crippen molar-refractivity contribution in [2.24, 2.45) is 0 Å². The van der Waals surface area contributed by atoms with Gasteiger partial charge in [-0.3, -0.25) is 14.5 Å². The number of furan rings is 1. The van der Waals surface area contributed by atoms with E-state index in [1.54, 1.807) is 42.5 Å². The summed E-state index contributed by atoms with van der Waals surface area (Å²) in [7, 11) is 1.50. The van der Waals surface area contributed by atoms with E-state index in [1.165, 1.54) is 18.3 Å². The van der Waals surface area contributed by atoms with Crippen molar-refractivity contribution in [2.75, 3.05) is 18.6 Å². The molecule has 4 rings (SSSR count). The van der Waals surface area contributed by atoms with E-state index in [-0.39, 0.29) is 11.3 Å². The Balaban J connectivity index is 1.92. The van der Waals surface area contributed by atoms with Crippen molar-refractivity contribution in [3.63, 3.8) is 0 Å². The standard InChI is InChI=1S/C26H25NO6/c1-5-32-18-10-8-17(9-11-18)27-22(20-7-6-12-33-20)21(24(29)26(27)30)23(28)19-14-15(2)13-16(3)25(19)31-4/h6-14,22,28H,5H2,1-4H3/b23-21-. The van der Waals surface area contributed by atoms with Gasteiger partial charge in [-0.2, -0.15) is 0 Å². The molecular weight excluding hydrogens is 422 g/mol. The molecule has 0 bridgehead atoms. The van der Waals surface area contributed by atoms with E-state index in [2.05, 4.69) is 0 Å². The minimum Gasteiger partial charge on any atom is -0.507 e. The van der Waals surface area contributed by atoms with Gasteiger partial charge in [0.25, 0.3) is 11.7 Å². The van der Waals surface area contributed by atoms with E-state index in [0.717, 1.165) is 11.1 Å². The second-order valence-corrected chi connectivity index (χ2v) is 7.77. The maximum Gasteiger partial charge on any atom is 0.300 e. The van der Waals surface area contributed by atoms with Crippen LogP contribution in [0.3, 0.4) is 0 Å².